The lowest BCUT2D eigenvalue weighted by Crippen LogP contribution is -2.36. The number of carbonyl (C=O) groups is 3. The Morgan fingerprint density at radius 1 is 0.395 bits per heavy atom. The van der Waals surface area contributed by atoms with Crippen LogP contribution < -0.4 is 46.6 Å². The number of anilines is 6. The average molecular weight is 1590 g/mol. The van der Waals surface area contributed by atoms with E-state index in [0.717, 1.165) is 90.2 Å². The molecule has 0 saturated carbocycles. The summed E-state index contributed by atoms with van der Waals surface area (Å²) in [6.45, 7) is 20.0. The number of halogens is 6. The van der Waals surface area contributed by atoms with Crippen molar-refractivity contribution >= 4 is 85.3 Å². The van der Waals surface area contributed by atoms with E-state index >= 15 is 0 Å². The van der Waals surface area contributed by atoms with E-state index in [2.05, 4.69) is 61.6 Å². The van der Waals surface area contributed by atoms with Crippen LogP contribution in [0.1, 0.15) is 86.7 Å². The third-order valence-electron chi connectivity index (χ3n) is 19.3. The number of hydrogen-bond acceptors (Lipinski definition) is 24. The number of rotatable bonds is 33. The Balaban J connectivity index is 0.000000181. The minimum absolute atomic E-state index is 0.176. The van der Waals surface area contributed by atoms with Crippen LogP contribution in [0.25, 0.3) is 33.1 Å². The van der Waals surface area contributed by atoms with E-state index in [-0.39, 0.29) is 35.8 Å². The van der Waals surface area contributed by atoms with Gasteiger partial charge >= 0.3 is 0 Å². The maximum atomic E-state index is 13.9. The molecule has 12 rings (SSSR count). The van der Waals surface area contributed by atoms with Gasteiger partial charge in [0, 0.05) is 168 Å². The summed E-state index contributed by atoms with van der Waals surface area (Å²) in [6, 6.07) is 20.4. The van der Waals surface area contributed by atoms with Gasteiger partial charge in [-0.2, -0.15) is 0 Å². The molecule has 9 aromatic rings. The summed E-state index contributed by atoms with van der Waals surface area (Å²) in [7, 11) is 10.7. The van der Waals surface area contributed by atoms with Crippen molar-refractivity contribution < 1.29 is 69.1 Å². The van der Waals surface area contributed by atoms with Crippen molar-refractivity contribution in [1.82, 2.24) is 60.6 Å². The van der Waals surface area contributed by atoms with Gasteiger partial charge in [0.25, 0.3) is 17.7 Å². The Labute approximate surface area is 659 Å². The van der Waals surface area contributed by atoms with Crippen molar-refractivity contribution in [2.45, 2.75) is 38.9 Å². The number of amides is 3. The normalized spacial score (nSPS) is 14.5. The highest BCUT2D eigenvalue weighted by molar-refractivity contribution is 6.00. The van der Waals surface area contributed by atoms with Gasteiger partial charge in [0.1, 0.15) is 17.5 Å². The van der Waals surface area contributed by atoms with Crippen LogP contribution in [0.4, 0.5) is 60.9 Å². The number of benzene rings is 6. The molecule has 3 amide bonds. The molecule has 3 aromatic heterocycles. The van der Waals surface area contributed by atoms with Gasteiger partial charge in [0.2, 0.25) is 0 Å². The maximum Gasteiger partial charge on any atom is 0.253 e. The highest BCUT2D eigenvalue weighted by atomic mass is 19.2. The van der Waals surface area contributed by atoms with Gasteiger partial charge in [-0.1, -0.05) is 0 Å². The first kappa shape index (κ1) is 86.2. The monoisotopic (exact) mass is 1580 g/mol. The fraction of sp³-hybridized carbons (Fsp3) is 0.444. The number of nitrogens with zero attached hydrogens (tertiary/aromatic N) is 12. The van der Waals surface area contributed by atoms with Crippen LogP contribution in [0, 0.1) is 34.9 Å². The van der Waals surface area contributed by atoms with Crippen LogP contribution in [0.3, 0.4) is 0 Å². The van der Waals surface area contributed by atoms with Crippen LogP contribution >= 0.6 is 0 Å². The molecular formula is C81H102F6N18O9. The van der Waals surface area contributed by atoms with Crippen LogP contribution in [0.2, 0.25) is 0 Å². The average Bonchev–Trinajstić information content (AvgIpc) is 0.787. The van der Waals surface area contributed by atoms with Crippen molar-refractivity contribution in [2.24, 2.45) is 0 Å². The third kappa shape index (κ3) is 23.7. The van der Waals surface area contributed by atoms with Crippen molar-refractivity contribution in [1.29, 1.82) is 0 Å². The van der Waals surface area contributed by atoms with Crippen molar-refractivity contribution in [3.05, 3.63) is 178 Å². The summed E-state index contributed by atoms with van der Waals surface area (Å²) in [5, 5.41) is 18.7. The van der Waals surface area contributed by atoms with Crippen LogP contribution in [0.5, 0.6) is 0 Å². The van der Waals surface area contributed by atoms with Gasteiger partial charge in [-0.05, 0) is 115 Å². The number of hydrogen-bond donors (Lipinski definition) is 6. The molecule has 3 atom stereocenters. The fourth-order valence-electron chi connectivity index (χ4n) is 12.7. The molecule has 3 fully saturated rings. The van der Waals surface area contributed by atoms with Crippen LogP contribution in [-0.2, 0) is 28.4 Å². The lowest BCUT2D eigenvalue weighted by molar-refractivity contribution is 0.0695. The summed E-state index contributed by atoms with van der Waals surface area (Å²) in [5.41, 5.74) is 8.36. The first-order chi connectivity index (χ1) is 55.1. The number of fused-ring (bicyclic) bond motifs is 3. The molecule has 6 aromatic carbocycles. The maximum absolute atomic E-state index is 13.9. The van der Waals surface area contributed by atoms with Crippen molar-refractivity contribution in [3.63, 3.8) is 0 Å². The quantitative estimate of drug-likeness (QED) is 0.0165. The fourth-order valence-corrected chi connectivity index (χ4v) is 12.7. The number of nitrogens with one attached hydrogen (secondary N) is 6. The first-order valence-electron chi connectivity index (χ1n) is 38.1. The van der Waals surface area contributed by atoms with E-state index in [9.17, 15) is 40.7 Å². The van der Waals surface area contributed by atoms with Crippen LogP contribution in [0.15, 0.2) is 110 Å². The third-order valence-corrected chi connectivity index (χ3v) is 19.3. The van der Waals surface area contributed by atoms with E-state index in [0.29, 0.717) is 205 Å². The summed E-state index contributed by atoms with van der Waals surface area (Å²) < 4.78 is 115. The highest BCUT2D eigenvalue weighted by Crippen LogP contribution is 2.34. The van der Waals surface area contributed by atoms with Crippen molar-refractivity contribution in [2.75, 3.05) is 231 Å². The molecule has 612 valence electrons. The minimum Gasteiger partial charge on any atom is -0.378 e. The first-order valence-corrected chi connectivity index (χ1v) is 38.1. The van der Waals surface area contributed by atoms with E-state index < -0.39 is 34.9 Å². The SMILES string of the molecule is CNCCOCCN(C)C(=O)c1cc(C(C)Nc2ccc(F)c(F)c2)c2nc(N3CCOCC3)cnc2c1.CNCCOCCN(C)C(=O)c1cc(C(C)Nc2ccc(F)c(F)c2)c2nc(N3CCOCC3)cnc2c1.CNCCOCCN(C)C(=O)c1cc(C(C)Nc2ccc(F)c(F)c2)c2nc(N3CCOCC3)cnc2c1. The summed E-state index contributed by atoms with van der Waals surface area (Å²) in [5.74, 6) is -3.94. The number of aromatic nitrogens is 6. The minimum atomic E-state index is -0.941. The van der Waals surface area contributed by atoms with Gasteiger partial charge in [-0.15, -0.1) is 0 Å². The second-order valence-corrected chi connectivity index (χ2v) is 27.6. The molecule has 0 aliphatic carbocycles. The standard InChI is InChI=1S/3C27H34F2N6O3/c3*1-18(32-20-4-5-22(28)23(29)16-20)21-14-19(27(36)34(3)7-11-37-10-6-30-2)15-24-26(21)33-25(17-31-24)35-8-12-38-13-9-35/h3*4-5,14-18,30,32H,6-13H2,1-3H3. The molecule has 3 aliphatic rings. The number of likely N-dealkylation sites (N-methyl/N-ethyl adjacent to an activating group) is 6. The molecule has 27 nitrogen and oxygen atoms in total. The van der Waals surface area contributed by atoms with E-state index in [1.54, 1.807) is 90.8 Å². The van der Waals surface area contributed by atoms with Gasteiger partial charge in [-0.3, -0.25) is 29.3 Å². The Morgan fingerprint density at radius 2 is 0.658 bits per heavy atom. The lowest BCUT2D eigenvalue weighted by Gasteiger charge is -2.28. The largest absolute Gasteiger partial charge is 0.378 e. The summed E-state index contributed by atoms with van der Waals surface area (Å²) in [6.07, 6.45) is 5.12. The zero-order valence-corrected chi connectivity index (χ0v) is 65.9. The van der Waals surface area contributed by atoms with Gasteiger partial charge in [0.15, 0.2) is 34.9 Å². The van der Waals surface area contributed by atoms with Gasteiger partial charge in [0.05, 0.1) is 149 Å². The Bertz CT molecular complexity index is 4220. The highest BCUT2D eigenvalue weighted by Gasteiger charge is 2.27. The molecule has 6 N–H and O–H groups in total. The Kier molecular flexibility index (Phi) is 32.3. The molecular weight excluding hydrogens is 1480 g/mol. The van der Waals surface area contributed by atoms with Gasteiger partial charge < -0.3 is 89.7 Å². The van der Waals surface area contributed by atoms with Crippen LogP contribution in [-0.4, -0.2) is 262 Å². The molecule has 6 heterocycles. The summed E-state index contributed by atoms with van der Waals surface area (Å²) in [4.78, 5) is 79.7. The second kappa shape index (κ2) is 42.8. The van der Waals surface area contributed by atoms with E-state index in [1.807, 2.05) is 41.9 Å². The predicted molar refractivity (Wildman–Crippen MR) is 428 cm³/mol. The topological polar surface area (TPSA) is 276 Å². The number of ether oxygens (including phenoxy) is 6. The molecule has 3 aliphatic heterocycles. The van der Waals surface area contributed by atoms with Crippen molar-refractivity contribution in [3.8, 4) is 0 Å². The summed E-state index contributed by atoms with van der Waals surface area (Å²) >= 11 is 0. The van der Waals surface area contributed by atoms with E-state index in [1.165, 1.54) is 18.2 Å². The smallest absolute Gasteiger partial charge is 0.253 e. The molecule has 33 heteroatoms. The van der Waals surface area contributed by atoms with Gasteiger partial charge in [-0.25, -0.2) is 41.3 Å². The Hall–Kier alpha value is -10.2. The predicted octanol–water partition coefficient (Wildman–Crippen LogP) is 9.68. The second-order valence-electron chi connectivity index (χ2n) is 27.6. The molecule has 3 saturated heterocycles. The Morgan fingerprint density at radius 3 is 0.904 bits per heavy atom. The van der Waals surface area contributed by atoms with E-state index in [4.69, 9.17) is 43.4 Å². The number of carbonyl (C=O) groups excluding carboxylic acids is 3. The molecule has 0 spiro atoms. The zero-order chi connectivity index (χ0) is 81.2. The number of morpholine rings is 3. The molecule has 0 bridgehead atoms. The molecule has 3 unspecified atom stereocenters. The molecule has 114 heavy (non-hydrogen) atoms. The lowest BCUT2D eigenvalue weighted by atomic mass is 10.0. The zero-order valence-electron chi connectivity index (χ0n) is 65.9. The molecule has 0 radical (unpaired) electrons.